The number of methoxy groups -OCH3 is 1. The number of aryl methyl sites for hydroxylation is 1. The summed E-state index contributed by atoms with van der Waals surface area (Å²) in [5.41, 5.74) is 0.618. The van der Waals surface area contributed by atoms with E-state index in [0.29, 0.717) is 27.3 Å². The van der Waals surface area contributed by atoms with Crippen molar-refractivity contribution in [3.63, 3.8) is 0 Å². The van der Waals surface area contributed by atoms with Gasteiger partial charge in [-0.2, -0.15) is 23.4 Å². The van der Waals surface area contributed by atoms with Crippen LogP contribution in [0.25, 0.3) is 16.9 Å². The van der Waals surface area contributed by atoms with Crippen LogP contribution in [0.5, 0.6) is 11.5 Å². The summed E-state index contributed by atoms with van der Waals surface area (Å²) in [6.07, 6.45) is -0.875. The molecule has 0 saturated heterocycles. The molecule has 200 valence electrons. The zero-order valence-electron chi connectivity index (χ0n) is 20.9. The molecule has 0 spiro atoms. The van der Waals surface area contributed by atoms with Crippen molar-refractivity contribution in [2.45, 2.75) is 26.3 Å². The lowest BCUT2D eigenvalue weighted by molar-refractivity contribution is -0.142. The third-order valence-electron chi connectivity index (χ3n) is 5.92. The van der Waals surface area contributed by atoms with Gasteiger partial charge in [-0.25, -0.2) is 14.2 Å². The van der Waals surface area contributed by atoms with Crippen molar-refractivity contribution >= 4 is 17.2 Å². The van der Waals surface area contributed by atoms with Gasteiger partial charge >= 0.3 is 6.18 Å². The quantitative estimate of drug-likeness (QED) is 0.283. The first-order valence-electron chi connectivity index (χ1n) is 11.9. The zero-order valence-corrected chi connectivity index (χ0v) is 20.9. The van der Waals surface area contributed by atoms with Crippen molar-refractivity contribution in [1.82, 2.24) is 24.4 Å². The number of ether oxygens (including phenoxy) is 2. The SMILES string of the molecule is CCc1ccc(OCn2cc(NC(=O)c3cc4nc(-c5ccc(OC)cc5)cc(C(F)(F)F)n4n3)cn2)cc1. The van der Waals surface area contributed by atoms with E-state index < -0.39 is 17.8 Å². The minimum atomic E-state index is -4.74. The zero-order chi connectivity index (χ0) is 27.6. The second-order valence-electron chi connectivity index (χ2n) is 8.55. The molecule has 3 aromatic heterocycles. The first kappa shape index (κ1) is 25.8. The van der Waals surface area contributed by atoms with Crippen molar-refractivity contribution in [2.75, 3.05) is 12.4 Å². The average Bonchev–Trinajstić information content (AvgIpc) is 3.58. The Morgan fingerprint density at radius 3 is 2.41 bits per heavy atom. The lowest BCUT2D eigenvalue weighted by atomic mass is 10.1. The smallest absolute Gasteiger partial charge is 0.433 e. The van der Waals surface area contributed by atoms with Crippen LogP contribution in [0.3, 0.4) is 0 Å². The number of rotatable bonds is 8. The summed E-state index contributed by atoms with van der Waals surface area (Å²) >= 11 is 0. The van der Waals surface area contributed by atoms with Crippen LogP contribution in [0.4, 0.5) is 18.9 Å². The van der Waals surface area contributed by atoms with Gasteiger partial charge in [0.15, 0.2) is 23.8 Å². The number of amides is 1. The lowest BCUT2D eigenvalue weighted by Crippen LogP contribution is -2.15. The number of aromatic nitrogens is 5. The highest BCUT2D eigenvalue weighted by Gasteiger charge is 2.35. The molecule has 5 aromatic rings. The van der Waals surface area contributed by atoms with Gasteiger partial charge in [0.2, 0.25) is 0 Å². The summed E-state index contributed by atoms with van der Waals surface area (Å²) in [4.78, 5) is 17.1. The molecule has 0 saturated carbocycles. The van der Waals surface area contributed by atoms with Crippen LogP contribution in [-0.4, -0.2) is 37.4 Å². The van der Waals surface area contributed by atoms with Gasteiger partial charge in [-0.3, -0.25) is 4.79 Å². The van der Waals surface area contributed by atoms with Crippen LogP contribution in [0.1, 0.15) is 28.7 Å². The molecule has 9 nitrogen and oxygen atoms in total. The first-order chi connectivity index (χ1) is 18.7. The highest BCUT2D eigenvalue weighted by atomic mass is 19.4. The van der Waals surface area contributed by atoms with E-state index in [1.807, 2.05) is 24.3 Å². The van der Waals surface area contributed by atoms with Gasteiger partial charge in [-0.15, -0.1) is 0 Å². The number of halogens is 3. The highest BCUT2D eigenvalue weighted by molar-refractivity contribution is 6.03. The number of hydrogen-bond donors (Lipinski definition) is 1. The summed E-state index contributed by atoms with van der Waals surface area (Å²) < 4.78 is 54.6. The Kier molecular flexibility index (Phi) is 6.92. The fourth-order valence-corrected chi connectivity index (χ4v) is 3.85. The molecule has 12 heteroatoms. The fourth-order valence-electron chi connectivity index (χ4n) is 3.85. The van der Waals surface area contributed by atoms with Gasteiger partial charge in [-0.1, -0.05) is 19.1 Å². The number of nitrogens with one attached hydrogen (secondary N) is 1. The Hall–Kier alpha value is -4.87. The van der Waals surface area contributed by atoms with E-state index in [4.69, 9.17) is 9.47 Å². The Morgan fingerprint density at radius 2 is 1.74 bits per heavy atom. The Balaban J connectivity index is 1.34. The molecule has 3 heterocycles. The molecule has 0 bridgehead atoms. The number of benzene rings is 2. The van der Waals surface area contributed by atoms with Gasteiger partial charge in [0.1, 0.15) is 11.5 Å². The maximum atomic E-state index is 13.9. The number of hydrogen-bond acceptors (Lipinski definition) is 6. The molecule has 0 unspecified atom stereocenters. The van der Waals surface area contributed by atoms with Gasteiger partial charge in [0.05, 0.1) is 30.9 Å². The molecule has 0 aliphatic carbocycles. The second kappa shape index (κ2) is 10.5. The number of carbonyl (C=O) groups is 1. The molecule has 0 atom stereocenters. The third kappa shape index (κ3) is 5.69. The minimum absolute atomic E-state index is 0.0787. The fraction of sp³-hybridized carbons (Fsp3) is 0.185. The van der Waals surface area contributed by atoms with Gasteiger partial charge in [-0.05, 0) is 54.4 Å². The normalized spacial score (nSPS) is 11.5. The van der Waals surface area contributed by atoms with Crippen molar-refractivity contribution in [3.8, 4) is 22.8 Å². The van der Waals surface area contributed by atoms with Crippen molar-refractivity contribution < 1.29 is 27.4 Å². The largest absolute Gasteiger partial charge is 0.497 e. The molecule has 0 aliphatic rings. The molecule has 0 aliphatic heterocycles. The van der Waals surface area contributed by atoms with Gasteiger partial charge in [0, 0.05) is 11.6 Å². The number of nitrogens with zero attached hydrogens (tertiary/aromatic N) is 5. The van der Waals surface area contributed by atoms with E-state index in [0.717, 1.165) is 12.5 Å². The van der Waals surface area contributed by atoms with E-state index in [2.05, 4.69) is 27.4 Å². The van der Waals surface area contributed by atoms with E-state index in [9.17, 15) is 18.0 Å². The van der Waals surface area contributed by atoms with Crippen LogP contribution in [0.2, 0.25) is 0 Å². The standard InChI is InChI=1S/C27H23F3N6O3/c1-3-17-4-8-21(9-5-17)39-16-35-15-19(14-31-35)32-26(37)23-13-25-33-22(18-6-10-20(38-2)11-7-18)12-24(27(28,29)30)36(25)34-23/h4-15H,3,16H2,1-2H3,(H,32,37). The number of fused-ring (bicyclic) bond motifs is 1. The molecule has 5 rings (SSSR count). The summed E-state index contributed by atoms with van der Waals surface area (Å²) in [6.45, 7) is 2.16. The lowest BCUT2D eigenvalue weighted by Gasteiger charge is -2.11. The molecule has 1 amide bonds. The minimum Gasteiger partial charge on any atom is -0.497 e. The van der Waals surface area contributed by atoms with Gasteiger partial charge < -0.3 is 14.8 Å². The second-order valence-corrected chi connectivity index (χ2v) is 8.55. The van der Waals surface area contributed by atoms with Crippen molar-refractivity contribution in [2.24, 2.45) is 0 Å². The molecular formula is C27H23F3N6O3. The Labute approximate surface area is 220 Å². The molecular weight excluding hydrogens is 513 g/mol. The topological polar surface area (TPSA) is 95.6 Å². The summed E-state index contributed by atoms with van der Waals surface area (Å²) in [7, 11) is 1.49. The van der Waals surface area contributed by atoms with E-state index in [1.54, 1.807) is 24.3 Å². The first-order valence-corrected chi connectivity index (χ1v) is 11.9. The maximum Gasteiger partial charge on any atom is 0.433 e. The van der Waals surface area contributed by atoms with Crippen molar-refractivity contribution in [1.29, 1.82) is 0 Å². The van der Waals surface area contributed by atoms with Crippen LogP contribution in [0, 0.1) is 0 Å². The summed E-state index contributed by atoms with van der Waals surface area (Å²) in [6, 6.07) is 16.2. The predicted molar refractivity (Wildman–Crippen MR) is 137 cm³/mol. The Bertz CT molecular complexity index is 1610. The molecule has 0 fully saturated rings. The predicted octanol–water partition coefficient (Wildman–Crippen LogP) is 5.47. The molecule has 2 aromatic carbocycles. The monoisotopic (exact) mass is 536 g/mol. The third-order valence-corrected chi connectivity index (χ3v) is 5.92. The van der Waals surface area contributed by atoms with Gasteiger partial charge in [0.25, 0.3) is 5.91 Å². The molecule has 39 heavy (non-hydrogen) atoms. The van der Waals surface area contributed by atoms with Crippen LogP contribution in [-0.2, 0) is 19.3 Å². The van der Waals surface area contributed by atoms with Crippen LogP contribution < -0.4 is 14.8 Å². The highest BCUT2D eigenvalue weighted by Crippen LogP contribution is 2.33. The number of alkyl halides is 3. The maximum absolute atomic E-state index is 13.9. The summed E-state index contributed by atoms with van der Waals surface area (Å²) in [5.74, 6) is 0.509. The van der Waals surface area contributed by atoms with E-state index in [1.165, 1.54) is 35.8 Å². The van der Waals surface area contributed by atoms with Crippen LogP contribution >= 0.6 is 0 Å². The van der Waals surface area contributed by atoms with Crippen LogP contribution in [0.15, 0.2) is 73.1 Å². The van der Waals surface area contributed by atoms with Crippen molar-refractivity contribution in [3.05, 3.63) is 90.0 Å². The molecule has 1 N–H and O–H groups in total. The summed E-state index contributed by atoms with van der Waals surface area (Å²) in [5, 5.41) is 10.6. The average molecular weight is 537 g/mol. The Morgan fingerprint density at radius 1 is 1.03 bits per heavy atom. The van der Waals surface area contributed by atoms with E-state index >= 15 is 0 Å². The number of anilines is 1. The molecule has 0 radical (unpaired) electrons. The van der Waals surface area contributed by atoms with E-state index in [-0.39, 0.29) is 23.8 Å². The number of carbonyl (C=O) groups excluding carboxylic acids is 1.